The summed E-state index contributed by atoms with van der Waals surface area (Å²) in [6.45, 7) is 5.00. The van der Waals surface area contributed by atoms with E-state index < -0.39 is 8.07 Å². The molecule has 11 aromatic rings. The first-order chi connectivity index (χ1) is 27.5. The standard InChI is InChI=1S/C52H35NOSSi/c1-56(2)47-20-8-7-16-40(47)41-28-26-36(31-48(41)56)53(35-24-21-34(22-25-35)38-17-9-13-32-11-3-5-14-37(32)38)44-19-10-18-43-50-46(55-52(43)44)30-29-45-49(50)42-27-23-33-12-4-6-15-39(33)51(42)54-45/h3-31H,1-2H3. The van der Waals surface area contributed by atoms with Gasteiger partial charge in [-0.15, -0.1) is 11.3 Å². The lowest BCUT2D eigenvalue weighted by atomic mass is 9.98. The Balaban J connectivity index is 1.09. The first-order valence-electron chi connectivity index (χ1n) is 19.3. The molecule has 264 valence electrons. The van der Waals surface area contributed by atoms with E-state index in [0.29, 0.717) is 0 Å². The van der Waals surface area contributed by atoms with Crippen molar-refractivity contribution in [2.24, 2.45) is 0 Å². The van der Waals surface area contributed by atoms with Crippen molar-refractivity contribution in [2.75, 3.05) is 4.90 Å². The molecule has 0 N–H and O–H groups in total. The molecular weight excluding hydrogens is 715 g/mol. The van der Waals surface area contributed by atoms with E-state index in [1.165, 1.54) is 91.1 Å². The molecule has 1 aliphatic heterocycles. The predicted molar refractivity (Wildman–Crippen MR) is 244 cm³/mol. The number of rotatable bonds is 4. The van der Waals surface area contributed by atoms with E-state index in [1.54, 1.807) is 0 Å². The molecule has 12 rings (SSSR count). The van der Waals surface area contributed by atoms with Crippen LogP contribution in [0.25, 0.3) is 85.9 Å². The first kappa shape index (κ1) is 31.8. The average Bonchev–Trinajstić information content (AvgIpc) is 3.89. The topological polar surface area (TPSA) is 16.4 Å². The van der Waals surface area contributed by atoms with Gasteiger partial charge in [0.05, 0.1) is 10.4 Å². The van der Waals surface area contributed by atoms with E-state index >= 15 is 0 Å². The molecule has 0 unspecified atom stereocenters. The third kappa shape index (κ3) is 4.48. The number of thiophene rings is 1. The fourth-order valence-electron chi connectivity index (χ4n) is 9.57. The first-order valence-corrected chi connectivity index (χ1v) is 23.2. The molecule has 0 radical (unpaired) electrons. The van der Waals surface area contributed by atoms with Crippen LogP contribution in [0.1, 0.15) is 0 Å². The van der Waals surface area contributed by atoms with Gasteiger partial charge in [0.25, 0.3) is 0 Å². The SMILES string of the molecule is C[Si]1(C)c2ccccc2-c2ccc(N(c3ccc(-c4cccc5ccccc45)cc3)c3cccc4c3sc3ccc5oc6c7ccccc7ccc6c5c34)cc21. The zero-order valence-electron chi connectivity index (χ0n) is 31.0. The Hall–Kier alpha value is -6.46. The van der Waals surface area contributed by atoms with Crippen LogP contribution in [0.2, 0.25) is 13.1 Å². The van der Waals surface area contributed by atoms with Crippen LogP contribution in [0.3, 0.4) is 0 Å². The van der Waals surface area contributed by atoms with Gasteiger partial charge in [0, 0.05) is 43.0 Å². The maximum absolute atomic E-state index is 6.67. The van der Waals surface area contributed by atoms with Crippen LogP contribution in [0.15, 0.2) is 180 Å². The largest absolute Gasteiger partial charge is 0.455 e. The minimum atomic E-state index is -1.92. The van der Waals surface area contributed by atoms with Gasteiger partial charge in [0.15, 0.2) is 0 Å². The zero-order valence-corrected chi connectivity index (χ0v) is 32.8. The molecule has 0 aliphatic carbocycles. The Bertz CT molecular complexity index is 3400. The van der Waals surface area contributed by atoms with E-state index in [2.05, 4.69) is 194 Å². The Morgan fingerprint density at radius 3 is 2.04 bits per heavy atom. The molecule has 56 heavy (non-hydrogen) atoms. The lowest BCUT2D eigenvalue weighted by Crippen LogP contribution is -2.49. The van der Waals surface area contributed by atoms with Gasteiger partial charge in [-0.1, -0.05) is 140 Å². The summed E-state index contributed by atoms with van der Waals surface area (Å²) in [5.74, 6) is 0. The molecule has 0 fully saturated rings. The summed E-state index contributed by atoms with van der Waals surface area (Å²) in [4.78, 5) is 2.50. The summed E-state index contributed by atoms with van der Waals surface area (Å²) in [6.07, 6.45) is 0. The van der Waals surface area contributed by atoms with Crippen LogP contribution >= 0.6 is 11.3 Å². The van der Waals surface area contributed by atoms with Gasteiger partial charge >= 0.3 is 0 Å². The molecule has 0 saturated carbocycles. The molecule has 9 aromatic carbocycles. The molecule has 3 heterocycles. The van der Waals surface area contributed by atoms with E-state index in [0.717, 1.165) is 22.2 Å². The molecule has 0 amide bonds. The van der Waals surface area contributed by atoms with Crippen LogP contribution in [-0.2, 0) is 0 Å². The summed E-state index contributed by atoms with van der Waals surface area (Å²) in [5, 5.41) is 12.8. The third-order valence-corrected chi connectivity index (χ3v) is 17.0. The maximum Gasteiger partial charge on any atom is 0.143 e. The number of hydrogen-bond acceptors (Lipinski definition) is 3. The second kappa shape index (κ2) is 11.8. The molecule has 4 heteroatoms. The van der Waals surface area contributed by atoms with Crippen molar-refractivity contribution < 1.29 is 4.42 Å². The summed E-state index contributed by atoms with van der Waals surface area (Å²) in [7, 11) is -1.92. The maximum atomic E-state index is 6.67. The highest BCUT2D eigenvalue weighted by atomic mass is 32.1. The van der Waals surface area contributed by atoms with Crippen LogP contribution in [0, 0.1) is 0 Å². The number of benzene rings is 9. The molecule has 0 spiro atoms. The van der Waals surface area contributed by atoms with Gasteiger partial charge in [-0.2, -0.15) is 0 Å². The van der Waals surface area contributed by atoms with Crippen molar-refractivity contribution in [3.63, 3.8) is 0 Å². The molecule has 1 aliphatic rings. The number of furan rings is 1. The van der Waals surface area contributed by atoms with Crippen molar-refractivity contribution in [2.45, 2.75) is 13.1 Å². The highest BCUT2D eigenvalue weighted by Crippen LogP contribution is 2.49. The molecule has 0 bridgehead atoms. The highest BCUT2D eigenvalue weighted by Gasteiger charge is 2.37. The fraction of sp³-hybridized carbons (Fsp3) is 0.0385. The normalized spacial score (nSPS) is 13.3. The van der Waals surface area contributed by atoms with Gasteiger partial charge in [0.1, 0.15) is 19.2 Å². The number of hydrogen-bond donors (Lipinski definition) is 0. The Labute approximate surface area is 329 Å². The van der Waals surface area contributed by atoms with Gasteiger partial charge < -0.3 is 9.32 Å². The van der Waals surface area contributed by atoms with Gasteiger partial charge in [-0.25, -0.2) is 0 Å². The van der Waals surface area contributed by atoms with Crippen LogP contribution in [-0.4, -0.2) is 8.07 Å². The second-order valence-corrected chi connectivity index (χ2v) is 21.0. The Morgan fingerprint density at radius 2 is 1.16 bits per heavy atom. The summed E-state index contributed by atoms with van der Waals surface area (Å²) in [5.41, 5.74) is 10.6. The molecule has 2 aromatic heterocycles. The lowest BCUT2D eigenvalue weighted by molar-refractivity contribution is 0.673. The van der Waals surface area contributed by atoms with E-state index in [9.17, 15) is 0 Å². The predicted octanol–water partition coefficient (Wildman–Crippen LogP) is 14.2. The van der Waals surface area contributed by atoms with Crippen LogP contribution in [0.4, 0.5) is 17.1 Å². The van der Waals surface area contributed by atoms with Crippen molar-refractivity contribution in [3.05, 3.63) is 176 Å². The Kier molecular flexibility index (Phi) is 6.69. The highest BCUT2D eigenvalue weighted by molar-refractivity contribution is 7.26. The zero-order chi connectivity index (χ0) is 37.1. The quantitative estimate of drug-likeness (QED) is 0.167. The minimum absolute atomic E-state index is 0.931. The second-order valence-electron chi connectivity index (χ2n) is 15.6. The smallest absolute Gasteiger partial charge is 0.143 e. The van der Waals surface area contributed by atoms with Crippen molar-refractivity contribution in [3.8, 4) is 22.3 Å². The van der Waals surface area contributed by atoms with Crippen molar-refractivity contribution >= 4 is 111 Å². The van der Waals surface area contributed by atoms with Crippen molar-refractivity contribution in [1.29, 1.82) is 0 Å². The fourth-order valence-corrected chi connectivity index (χ4v) is 13.9. The monoisotopic (exact) mass is 749 g/mol. The van der Waals surface area contributed by atoms with Gasteiger partial charge in [-0.3, -0.25) is 0 Å². The summed E-state index contributed by atoms with van der Waals surface area (Å²) >= 11 is 1.88. The molecule has 0 saturated heterocycles. The van der Waals surface area contributed by atoms with Crippen LogP contribution in [0.5, 0.6) is 0 Å². The average molecular weight is 750 g/mol. The summed E-state index contributed by atoms with van der Waals surface area (Å²) < 4.78 is 9.20. The number of fused-ring (bicyclic) bond motifs is 13. The van der Waals surface area contributed by atoms with Crippen LogP contribution < -0.4 is 15.3 Å². The van der Waals surface area contributed by atoms with E-state index in [1.807, 2.05) is 11.3 Å². The van der Waals surface area contributed by atoms with Gasteiger partial charge in [0.2, 0.25) is 0 Å². The number of nitrogens with zero attached hydrogens (tertiary/aromatic N) is 1. The minimum Gasteiger partial charge on any atom is -0.455 e. The Morgan fingerprint density at radius 1 is 0.482 bits per heavy atom. The summed E-state index contributed by atoms with van der Waals surface area (Å²) in [6, 6.07) is 65.0. The molecule has 0 atom stereocenters. The van der Waals surface area contributed by atoms with E-state index in [-0.39, 0.29) is 0 Å². The number of anilines is 3. The molecule has 2 nitrogen and oxygen atoms in total. The van der Waals surface area contributed by atoms with Crippen molar-refractivity contribution in [1.82, 2.24) is 0 Å². The third-order valence-electron chi connectivity index (χ3n) is 12.3. The lowest BCUT2D eigenvalue weighted by Gasteiger charge is -2.28. The van der Waals surface area contributed by atoms with E-state index in [4.69, 9.17) is 4.42 Å². The van der Waals surface area contributed by atoms with Gasteiger partial charge in [-0.05, 0) is 97.3 Å². The molecular formula is C52H35NOSSi.